The molecule has 166 valence electrons. The first kappa shape index (κ1) is 22.0. The Morgan fingerprint density at radius 2 is 1.19 bits per heavy atom. The summed E-state index contributed by atoms with van der Waals surface area (Å²) in [5.41, 5.74) is 3.65. The molecule has 1 heterocycles. The highest BCUT2D eigenvalue weighted by Crippen LogP contribution is 2.48. The number of fused-ring (bicyclic) bond motifs is 1. The maximum absolute atomic E-state index is 12.6. The summed E-state index contributed by atoms with van der Waals surface area (Å²) in [6.45, 7) is 4.04. The van der Waals surface area contributed by atoms with Gasteiger partial charge in [0, 0.05) is 50.7 Å². The third-order valence-corrected chi connectivity index (χ3v) is 6.03. The monoisotopic (exact) mass is 428 g/mol. The van der Waals surface area contributed by atoms with Gasteiger partial charge in [-0.3, -0.25) is 0 Å². The third kappa shape index (κ3) is 3.87. The minimum atomic E-state index is -1.34. The number of hydrogen-bond donors (Lipinski definition) is 1. The number of anilines is 2. The molecule has 0 bridgehead atoms. The highest BCUT2D eigenvalue weighted by Gasteiger charge is 2.41. The molecule has 1 aliphatic rings. The largest absolute Gasteiger partial charge is 0.483 e. The van der Waals surface area contributed by atoms with Gasteiger partial charge in [0.1, 0.15) is 17.0 Å². The first-order valence-electron chi connectivity index (χ1n) is 10.9. The van der Waals surface area contributed by atoms with Crippen molar-refractivity contribution in [2.45, 2.75) is 25.0 Å². The fraction of sp³-hybridized carbons (Fsp3) is 0.286. The number of rotatable bonds is 5. The first-order valence-corrected chi connectivity index (χ1v) is 10.9. The molecule has 1 N–H and O–H groups in total. The van der Waals surface area contributed by atoms with Crippen LogP contribution in [0.15, 0.2) is 78.9 Å². The van der Waals surface area contributed by atoms with Crippen molar-refractivity contribution < 1.29 is 9.84 Å². The van der Waals surface area contributed by atoms with Crippen LogP contribution >= 0.6 is 0 Å². The third-order valence-electron chi connectivity index (χ3n) is 6.03. The van der Waals surface area contributed by atoms with E-state index in [0.717, 1.165) is 39.4 Å². The number of benzene rings is 3. The van der Waals surface area contributed by atoms with Crippen LogP contribution in [0, 0.1) is 0 Å². The van der Waals surface area contributed by atoms with E-state index in [4.69, 9.17) is 4.74 Å². The lowest BCUT2D eigenvalue weighted by atomic mass is 9.74. The van der Waals surface area contributed by atoms with E-state index in [9.17, 15) is 5.11 Å². The fourth-order valence-corrected chi connectivity index (χ4v) is 4.29. The molecule has 0 unspecified atom stereocenters. The molecule has 3 aromatic rings. The van der Waals surface area contributed by atoms with Gasteiger partial charge in [-0.1, -0.05) is 42.5 Å². The smallest absolute Gasteiger partial charge is 0.141 e. The van der Waals surface area contributed by atoms with Crippen molar-refractivity contribution in [2.75, 3.05) is 38.0 Å². The second-order valence-corrected chi connectivity index (χ2v) is 9.35. The Balaban J connectivity index is 1.96. The summed E-state index contributed by atoms with van der Waals surface area (Å²) in [7, 11) is 8.06. The van der Waals surface area contributed by atoms with Crippen molar-refractivity contribution in [3.63, 3.8) is 0 Å². The Morgan fingerprint density at radius 1 is 0.719 bits per heavy atom. The Hall–Kier alpha value is -3.24. The molecule has 32 heavy (non-hydrogen) atoms. The van der Waals surface area contributed by atoms with Crippen molar-refractivity contribution in [2.24, 2.45) is 0 Å². The number of nitrogens with zero attached hydrogens (tertiary/aromatic N) is 2. The molecule has 0 aliphatic carbocycles. The van der Waals surface area contributed by atoms with E-state index in [1.807, 2.05) is 115 Å². The van der Waals surface area contributed by atoms with E-state index in [2.05, 4.69) is 15.9 Å². The quantitative estimate of drug-likeness (QED) is 0.598. The van der Waals surface area contributed by atoms with Gasteiger partial charge in [-0.05, 0) is 61.4 Å². The summed E-state index contributed by atoms with van der Waals surface area (Å²) < 4.78 is 6.22. The van der Waals surface area contributed by atoms with Crippen LogP contribution in [0.3, 0.4) is 0 Å². The maximum atomic E-state index is 12.6. The van der Waals surface area contributed by atoms with Gasteiger partial charge in [0.25, 0.3) is 0 Å². The molecule has 0 aromatic heterocycles. The first-order chi connectivity index (χ1) is 15.1. The van der Waals surface area contributed by atoms with Gasteiger partial charge >= 0.3 is 0 Å². The van der Waals surface area contributed by atoms with Crippen LogP contribution in [0.2, 0.25) is 0 Å². The molecular weight excluding hydrogens is 396 g/mol. The molecule has 0 saturated heterocycles. The standard InChI is InChI=1S/C28H32N2O2/c1-27(2)19-25(24-9-7-8-10-26(24)32-27)28(31,20-11-15-22(16-12-20)29(3)4)21-13-17-23(18-14-21)30(5)6/h7-19,31H,1-6H3. The van der Waals surface area contributed by atoms with Gasteiger partial charge in [-0.2, -0.15) is 0 Å². The average molecular weight is 429 g/mol. The molecule has 4 rings (SSSR count). The molecule has 0 amide bonds. The number of aliphatic hydroxyl groups is 1. The van der Waals surface area contributed by atoms with Gasteiger partial charge in [0.05, 0.1) is 0 Å². The molecule has 0 spiro atoms. The molecule has 4 nitrogen and oxygen atoms in total. The van der Waals surface area contributed by atoms with Crippen molar-refractivity contribution in [3.8, 4) is 5.75 Å². The van der Waals surface area contributed by atoms with Crippen molar-refractivity contribution in [1.29, 1.82) is 0 Å². The number of hydrogen-bond acceptors (Lipinski definition) is 4. The molecule has 0 radical (unpaired) electrons. The highest BCUT2D eigenvalue weighted by atomic mass is 16.5. The average Bonchev–Trinajstić information content (AvgIpc) is 2.77. The maximum Gasteiger partial charge on any atom is 0.141 e. The lowest BCUT2D eigenvalue weighted by molar-refractivity contribution is 0.127. The lowest BCUT2D eigenvalue weighted by Gasteiger charge is -2.39. The van der Waals surface area contributed by atoms with E-state index in [1.54, 1.807) is 0 Å². The van der Waals surface area contributed by atoms with Crippen molar-refractivity contribution >= 4 is 16.9 Å². The van der Waals surface area contributed by atoms with Gasteiger partial charge in [-0.25, -0.2) is 0 Å². The zero-order valence-corrected chi connectivity index (χ0v) is 19.8. The van der Waals surface area contributed by atoms with Crippen molar-refractivity contribution in [1.82, 2.24) is 0 Å². The summed E-state index contributed by atoms with van der Waals surface area (Å²) in [4.78, 5) is 4.11. The second-order valence-electron chi connectivity index (χ2n) is 9.35. The minimum absolute atomic E-state index is 0.551. The van der Waals surface area contributed by atoms with Crippen molar-refractivity contribution in [3.05, 3.63) is 95.6 Å². The van der Waals surface area contributed by atoms with Gasteiger partial charge in [0.15, 0.2) is 0 Å². The van der Waals surface area contributed by atoms with Crippen LogP contribution in [0.4, 0.5) is 11.4 Å². The molecule has 0 saturated carbocycles. The lowest BCUT2D eigenvalue weighted by Crippen LogP contribution is -2.36. The van der Waals surface area contributed by atoms with Gasteiger partial charge in [0.2, 0.25) is 0 Å². The zero-order valence-electron chi connectivity index (χ0n) is 19.8. The number of para-hydroxylation sites is 1. The van der Waals surface area contributed by atoms with E-state index >= 15 is 0 Å². The van der Waals surface area contributed by atoms with E-state index in [1.165, 1.54) is 0 Å². The molecule has 4 heteroatoms. The predicted molar refractivity (Wildman–Crippen MR) is 134 cm³/mol. The van der Waals surface area contributed by atoms with Crippen LogP contribution in [0.1, 0.15) is 30.5 Å². The Labute approximate surface area is 191 Å². The Bertz CT molecular complexity index is 1080. The van der Waals surface area contributed by atoms with E-state index in [-0.39, 0.29) is 0 Å². The Morgan fingerprint density at radius 3 is 1.66 bits per heavy atom. The molecule has 3 aromatic carbocycles. The number of ether oxygens (including phenoxy) is 1. The summed E-state index contributed by atoms with van der Waals surface area (Å²) in [6, 6.07) is 24.2. The topological polar surface area (TPSA) is 35.9 Å². The summed E-state index contributed by atoms with van der Waals surface area (Å²) >= 11 is 0. The van der Waals surface area contributed by atoms with Gasteiger partial charge < -0.3 is 19.6 Å². The van der Waals surface area contributed by atoms with Crippen LogP contribution in [0.5, 0.6) is 5.75 Å². The normalized spacial score (nSPS) is 14.8. The second kappa shape index (κ2) is 8.03. The summed E-state index contributed by atoms with van der Waals surface area (Å²) in [5, 5.41) is 12.6. The van der Waals surface area contributed by atoms with Crippen LogP contribution < -0.4 is 14.5 Å². The fourth-order valence-electron chi connectivity index (χ4n) is 4.29. The molecule has 1 aliphatic heterocycles. The molecule has 0 atom stereocenters. The summed E-state index contributed by atoms with van der Waals surface area (Å²) in [5.74, 6) is 0.781. The summed E-state index contributed by atoms with van der Waals surface area (Å²) in [6.07, 6.45) is 2.05. The predicted octanol–water partition coefficient (Wildman–Crippen LogP) is 5.31. The van der Waals surface area contributed by atoms with Gasteiger partial charge in [-0.15, -0.1) is 0 Å². The van der Waals surface area contributed by atoms with Crippen LogP contribution in [-0.2, 0) is 5.60 Å². The zero-order chi connectivity index (χ0) is 23.1. The Kier molecular flexibility index (Phi) is 5.51. The van der Waals surface area contributed by atoms with E-state index < -0.39 is 11.2 Å². The minimum Gasteiger partial charge on any atom is -0.483 e. The van der Waals surface area contributed by atoms with Crippen LogP contribution in [0.25, 0.3) is 5.57 Å². The van der Waals surface area contributed by atoms with E-state index in [0.29, 0.717) is 0 Å². The highest BCUT2D eigenvalue weighted by molar-refractivity contribution is 5.83. The molecule has 0 fully saturated rings. The molecular formula is C28H32N2O2. The van der Waals surface area contributed by atoms with Crippen LogP contribution in [-0.4, -0.2) is 38.9 Å². The SMILES string of the molecule is CN(C)c1ccc(C(O)(C2=CC(C)(C)Oc3ccccc32)c2ccc(N(C)C)cc2)cc1.